The number of likely N-dealkylation sites (tertiary alicyclic amines) is 1. The van der Waals surface area contributed by atoms with Crippen LogP contribution in [0.4, 0.5) is 15.8 Å². The molecule has 2 aromatic rings. The van der Waals surface area contributed by atoms with Crippen LogP contribution in [0.1, 0.15) is 53.6 Å². The Morgan fingerprint density at radius 2 is 2.06 bits per heavy atom. The number of ether oxygens (including phenoxy) is 1. The fourth-order valence-corrected chi connectivity index (χ4v) is 6.28. The number of carbonyl (C=O) groups is 1. The third-order valence-electron chi connectivity index (χ3n) is 7.36. The largest absolute Gasteiger partial charge is 0.492 e. The fraction of sp³-hybridized carbons (Fsp3) is 0.480. The topological polar surface area (TPSA) is 87.2 Å². The summed E-state index contributed by atoms with van der Waals surface area (Å²) >= 11 is 0. The van der Waals surface area contributed by atoms with Crippen LogP contribution in [0, 0.1) is 17.7 Å². The third kappa shape index (κ3) is 4.27. The quantitative estimate of drug-likeness (QED) is 0.574. The molecule has 9 heteroatoms. The normalized spacial score (nSPS) is 23.7. The zero-order chi connectivity index (χ0) is 24.0. The number of hydrogen-bond donors (Lipinski definition) is 2. The van der Waals surface area contributed by atoms with E-state index in [-0.39, 0.29) is 34.5 Å². The van der Waals surface area contributed by atoms with E-state index in [1.54, 1.807) is 12.1 Å². The van der Waals surface area contributed by atoms with Crippen molar-refractivity contribution in [3.8, 4) is 5.75 Å². The zero-order valence-corrected chi connectivity index (χ0v) is 20.0. The molecule has 0 radical (unpaired) electrons. The van der Waals surface area contributed by atoms with Gasteiger partial charge in [0.05, 0.1) is 18.0 Å². The van der Waals surface area contributed by atoms with E-state index < -0.39 is 22.7 Å². The van der Waals surface area contributed by atoms with Crippen LogP contribution in [-0.2, 0) is 17.3 Å². The molecule has 2 aliphatic heterocycles. The van der Waals surface area contributed by atoms with Crippen LogP contribution in [0.5, 0.6) is 5.75 Å². The lowest BCUT2D eigenvalue weighted by Crippen LogP contribution is -2.36. The number of fused-ring (bicyclic) bond motifs is 3. The lowest BCUT2D eigenvalue weighted by atomic mass is 9.90. The Labute approximate surface area is 200 Å². The van der Waals surface area contributed by atoms with Gasteiger partial charge in [0.1, 0.15) is 17.1 Å². The number of aromatic carboxylic acids is 1. The minimum absolute atomic E-state index is 0.0214. The summed E-state index contributed by atoms with van der Waals surface area (Å²) < 4.78 is 46.3. The van der Waals surface area contributed by atoms with Gasteiger partial charge in [0.2, 0.25) is 10.9 Å². The smallest absolute Gasteiger partial charge is 0.341 e. The Hall–Kier alpha value is -2.65. The molecular weight excluding hydrogens is 459 g/mol. The first-order chi connectivity index (χ1) is 16.4. The van der Waals surface area contributed by atoms with Gasteiger partial charge >= 0.3 is 5.97 Å². The Morgan fingerprint density at radius 1 is 1.26 bits per heavy atom. The molecule has 2 fully saturated rings. The van der Waals surface area contributed by atoms with Crippen molar-refractivity contribution in [2.24, 2.45) is 11.8 Å². The first-order valence-corrected chi connectivity index (χ1v) is 13.0. The van der Waals surface area contributed by atoms with Gasteiger partial charge < -0.3 is 14.7 Å². The summed E-state index contributed by atoms with van der Waals surface area (Å²) in [7, 11) is -3.25. The number of anilines is 2. The Morgan fingerprint density at radius 3 is 2.79 bits per heavy atom. The van der Waals surface area contributed by atoms with Crippen molar-refractivity contribution >= 4 is 28.2 Å². The minimum atomic E-state index is -3.25. The molecule has 0 spiro atoms. The zero-order valence-electron chi connectivity index (χ0n) is 19.1. The number of piperidine rings is 1. The molecule has 0 unspecified atom stereocenters. The molecule has 0 aromatic heterocycles. The molecule has 1 N–H and O–H groups in total. The summed E-state index contributed by atoms with van der Waals surface area (Å²) in [6, 6.07) is 7.34. The van der Waals surface area contributed by atoms with Gasteiger partial charge in [-0.05, 0) is 86.0 Å². The third-order valence-corrected chi connectivity index (χ3v) is 8.12. The summed E-state index contributed by atoms with van der Waals surface area (Å²) in [6.45, 7) is 5.37. The standard InChI is InChI=1S/C25H29FN2O5S/c1-2-27-9-3-4-15(13-27)10-16-11-18(26)5-7-21(16)28(34(31)32)22-8-6-19-20-12-17(20)14-33-24(19)23(22)25(29)30/h5-8,11,15,17,20,34H,2-4,9-10,12-14H2,1H3,(H,29,30)/t15-,17-,20-/m0/s1. The molecule has 0 bridgehead atoms. The maximum Gasteiger partial charge on any atom is 0.341 e. The summed E-state index contributed by atoms with van der Waals surface area (Å²) in [5, 5.41) is 10.1. The highest BCUT2D eigenvalue weighted by Gasteiger charge is 2.45. The number of thiol groups is 1. The molecule has 5 rings (SSSR count). The average Bonchev–Trinajstić information content (AvgIpc) is 3.60. The van der Waals surface area contributed by atoms with Crippen LogP contribution in [-0.4, -0.2) is 50.6 Å². The molecule has 3 aliphatic rings. The molecule has 34 heavy (non-hydrogen) atoms. The van der Waals surface area contributed by atoms with E-state index in [2.05, 4.69) is 11.8 Å². The maximum absolute atomic E-state index is 14.3. The van der Waals surface area contributed by atoms with Crippen LogP contribution >= 0.6 is 0 Å². The maximum atomic E-state index is 14.3. The van der Waals surface area contributed by atoms with Gasteiger partial charge in [-0.25, -0.2) is 21.9 Å². The molecular formula is C25H29FN2O5S. The van der Waals surface area contributed by atoms with Gasteiger partial charge in [-0.2, -0.15) is 0 Å². The van der Waals surface area contributed by atoms with Crippen molar-refractivity contribution < 1.29 is 27.4 Å². The van der Waals surface area contributed by atoms with Crippen molar-refractivity contribution in [2.45, 2.75) is 38.5 Å². The van der Waals surface area contributed by atoms with Gasteiger partial charge in [-0.1, -0.05) is 13.0 Å². The number of rotatable bonds is 7. The molecule has 7 nitrogen and oxygen atoms in total. The van der Waals surface area contributed by atoms with E-state index in [0.717, 1.165) is 48.8 Å². The molecule has 0 amide bonds. The van der Waals surface area contributed by atoms with Crippen molar-refractivity contribution in [2.75, 3.05) is 30.5 Å². The Bertz CT molecular complexity index is 1190. The van der Waals surface area contributed by atoms with Gasteiger partial charge in [0.15, 0.2) is 0 Å². The molecule has 3 atom stereocenters. The van der Waals surface area contributed by atoms with E-state index in [4.69, 9.17) is 4.74 Å². The SMILES string of the molecule is CCN1CCC[C@@H](Cc2cc(F)ccc2N(c2ccc3c(c2C(=O)O)OC[C@@H]2C[C@H]32)[SH](=O)=O)C1. The predicted octanol–water partition coefficient (Wildman–Crippen LogP) is 3.96. The lowest BCUT2D eigenvalue weighted by Gasteiger charge is -2.33. The molecule has 1 aliphatic carbocycles. The van der Waals surface area contributed by atoms with E-state index in [1.807, 2.05) is 0 Å². The van der Waals surface area contributed by atoms with Crippen molar-refractivity contribution in [1.29, 1.82) is 0 Å². The first-order valence-electron chi connectivity index (χ1n) is 11.9. The van der Waals surface area contributed by atoms with Gasteiger partial charge in [0.25, 0.3) is 0 Å². The minimum Gasteiger partial charge on any atom is -0.492 e. The Kier molecular flexibility index (Phi) is 6.24. The van der Waals surface area contributed by atoms with Crippen LogP contribution in [0.25, 0.3) is 0 Å². The van der Waals surface area contributed by atoms with Crippen molar-refractivity contribution in [3.05, 3.63) is 52.8 Å². The second-order valence-corrected chi connectivity index (χ2v) is 10.4. The highest BCUT2D eigenvalue weighted by atomic mass is 32.2. The highest BCUT2D eigenvalue weighted by Crippen LogP contribution is 2.56. The van der Waals surface area contributed by atoms with Crippen LogP contribution in [0.15, 0.2) is 30.3 Å². The second kappa shape index (κ2) is 9.19. The van der Waals surface area contributed by atoms with Gasteiger partial charge in [-0.3, -0.25) is 0 Å². The van der Waals surface area contributed by atoms with Gasteiger partial charge in [-0.15, -0.1) is 0 Å². The molecule has 1 saturated carbocycles. The molecule has 2 aromatic carbocycles. The lowest BCUT2D eigenvalue weighted by molar-refractivity contribution is 0.0692. The summed E-state index contributed by atoms with van der Waals surface area (Å²) in [4.78, 5) is 14.7. The highest BCUT2D eigenvalue weighted by molar-refractivity contribution is 7.74. The first kappa shape index (κ1) is 23.1. The van der Waals surface area contributed by atoms with Crippen LogP contribution < -0.4 is 9.04 Å². The second-order valence-electron chi connectivity index (χ2n) is 9.52. The number of carboxylic acid groups (broad SMARTS) is 1. The van der Waals surface area contributed by atoms with Crippen molar-refractivity contribution in [1.82, 2.24) is 4.90 Å². The Balaban J connectivity index is 1.58. The summed E-state index contributed by atoms with van der Waals surface area (Å²) in [6.07, 6.45) is 3.47. The number of nitrogens with zero attached hydrogens (tertiary/aromatic N) is 2. The summed E-state index contributed by atoms with van der Waals surface area (Å²) in [5.41, 5.74) is 1.52. The monoisotopic (exact) mass is 488 g/mol. The number of benzene rings is 2. The average molecular weight is 489 g/mol. The van der Waals surface area contributed by atoms with Gasteiger partial charge in [0, 0.05) is 12.5 Å². The van der Waals surface area contributed by atoms with E-state index in [9.17, 15) is 22.7 Å². The van der Waals surface area contributed by atoms with E-state index in [1.165, 1.54) is 18.2 Å². The van der Waals surface area contributed by atoms with Crippen LogP contribution in [0.2, 0.25) is 0 Å². The number of hydrogen-bond acceptors (Lipinski definition) is 5. The molecule has 182 valence electrons. The van der Waals surface area contributed by atoms with E-state index >= 15 is 0 Å². The summed E-state index contributed by atoms with van der Waals surface area (Å²) in [5.74, 6) is -0.524. The van der Waals surface area contributed by atoms with Crippen molar-refractivity contribution in [3.63, 3.8) is 0 Å². The van der Waals surface area contributed by atoms with E-state index in [0.29, 0.717) is 24.5 Å². The number of carboxylic acids is 1. The number of halogens is 1. The molecule has 1 saturated heterocycles. The fourth-order valence-electron chi connectivity index (χ4n) is 5.57. The molecule has 2 heterocycles. The van der Waals surface area contributed by atoms with Crippen LogP contribution in [0.3, 0.4) is 0 Å². The predicted molar refractivity (Wildman–Crippen MR) is 127 cm³/mol.